The van der Waals surface area contributed by atoms with Crippen LogP contribution in [0.4, 0.5) is 4.79 Å². The first kappa shape index (κ1) is 17.5. The van der Waals surface area contributed by atoms with Crippen molar-refractivity contribution in [2.24, 2.45) is 0 Å². The van der Waals surface area contributed by atoms with Crippen LogP contribution < -0.4 is 14.8 Å². The van der Waals surface area contributed by atoms with Crippen molar-refractivity contribution in [3.8, 4) is 11.5 Å². The predicted octanol–water partition coefficient (Wildman–Crippen LogP) is 1.99. The highest BCUT2D eigenvalue weighted by molar-refractivity contribution is 6.03. The van der Waals surface area contributed by atoms with Crippen LogP contribution in [-0.2, 0) is 19.9 Å². The molecule has 0 saturated carbocycles. The van der Waals surface area contributed by atoms with Gasteiger partial charge in [0.15, 0.2) is 0 Å². The van der Waals surface area contributed by atoms with Crippen molar-refractivity contribution < 1.29 is 33.6 Å². The molecule has 1 amide bonds. The summed E-state index contributed by atoms with van der Waals surface area (Å²) in [4.78, 5) is 24.0. The number of Topliss-reactive ketones (excluding diaryl/α,β-unsaturated/α-hetero) is 1. The first-order valence-corrected chi connectivity index (χ1v) is 7.20. The Labute approximate surface area is 139 Å². The average Bonchev–Trinajstić information content (AvgIpc) is 2.79. The van der Waals surface area contributed by atoms with Gasteiger partial charge in [0.1, 0.15) is 11.5 Å². The Morgan fingerprint density at radius 1 is 1.33 bits per heavy atom. The third-order valence-corrected chi connectivity index (χ3v) is 3.58. The summed E-state index contributed by atoms with van der Waals surface area (Å²) in [5.41, 5.74) is -1.24. The first-order valence-electron chi connectivity index (χ1n) is 7.20. The molecular weight excluding hydrogens is 318 g/mol. The summed E-state index contributed by atoms with van der Waals surface area (Å²) in [5.74, 6) is -0.936. The predicted molar refractivity (Wildman–Crippen MR) is 82.8 cm³/mol. The molecule has 1 aromatic rings. The first-order chi connectivity index (χ1) is 11.4. The molecule has 24 heavy (non-hydrogen) atoms. The molecule has 0 fully saturated rings. The van der Waals surface area contributed by atoms with Gasteiger partial charge >= 0.3 is 6.09 Å². The number of ketones is 1. The third kappa shape index (κ3) is 2.94. The maximum Gasteiger partial charge on any atom is 0.414 e. The van der Waals surface area contributed by atoms with Crippen LogP contribution in [0.1, 0.15) is 19.4 Å². The lowest BCUT2D eigenvalue weighted by Gasteiger charge is -2.25. The molecule has 0 bridgehead atoms. The Bertz CT molecular complexity index is 698. The van der Waals surface area contributed by atoms with E-state index in [0.717, 1.165) is 0 Å². The topological polar surface area (TPSA) is 103 Å². The highest BCUT2D eigenvalue weighted by atomic mass is 16.6. The van der Waals surface area contributed by atoms with Crippen molar-refractivity contribution in [3.63, 3.8) is 0 Å². The van der Waals surface area contributed by atoms with Crippen molar-refractivity contribution in [2.45, 2.75) is 19.4 Å². The monoisotopic (exact) mass is 337 g/mol. The number of benzene rings is 1. The minimum absolute atomic E-state index is 0.134. The molecule has 1 heterocycles. The van der Waals surface area contributed by atoms with E-state index >= 15 is 0 Å². The number of hydrogen-bond donors (Lipinski definition) is 2. The van der Waals surface area contributed by atoms with Crippen molar-refractivity contribution in [3.05, 3.63) is 35.4 Å². The molecule has 1 unspecified atom stereocenters. The zero-order chi connectivity index (χ0) is 17.9. The highest BCUT2D eigenvalue weighted by Gasteiger charge is 2.50. The van der Waals surface area contributed by atoms with E-state index in [4.69, 9.17) is 18.9 Å². The third-order valence-electron chi connectivity index (χ3n) is 3.58. The Morgan fingerprint density at radius 2 is 2.04 bits per heavy atom. The molecule has 0 spiro atoms. The molecule has 8 heteroatoms. The van der Waals surface area contributed by atoms with Gasteiger partial charge in [-0.25, -0.2) is 4.79 Å². The van der Waals surface area contributed by atoms with Crippen molar-refractivity contribution in [1.29, 1.82) is 0 Å². The highest BCUT2D eigenvalue weighted by Crippen LogP contribution is 2.42. The zero-order valence-electron chi connectivity index (χ0n) is 13.8. The minimum atomic E-state index is -1.58. The summed E-state index contributed by atoms with van der Waals surface area (Å²) in [6.45, 7) is 3.22. The average molecular weight is 337 g/mol. The van der Waals surface area contributed by atoms with E-state index in [2.05, 4.69) is 5.32 Å². The summed E-state index contributed by atoms with van der Waals surface area (Å²) < 4.78 is 20.7. The lowest BCUT2D eigenvalue weighted by atomic mass is 9.90. The Kier molecular flexibility index (Phi) is 4.87. The largest absolute Gasteiger partial charge is 0.501 e. The fourth-order valence-corrected chi connectivity index (χ4v) is 2.34. The van der Waals surface area contributed by atoms with Crippen LogP contribution in [0.15, 0.2) is 29.8 Å². The zero-order valence-corrected chi connectivity index (χ0v) is 13.8. The maximum absolute atomic E-state index is 12.5. The number of carbonyl (C=O) groups is 2. The van der Waals surface area contributed by atoms with E-state index in [1.807, 2.05) is 0 Å². The number of nitrogens with one attached hydrogen (secondary N) is 1. The fourth-order valence-electron chi connectivity index (χ4n) is 2.34. The summed E-state index contributed by atoms with van der Waals surface area (Å²) >= 11 is 0. The van der Waals surface area contributed by atoms with Gasteiger partial charge < -0.3 is 24.1 Å². The van der Waals surface area contributed by atoms with Crippen LogP contribution in [-0.4, -0.2) is 37.8 Å². The summed E-state index contributed by atoms with van der Waals surface area (Å²) in [5, 5.41) is 12.2. The van der Waals surface area contributed by atoms with Crippen molar-refractivity contribution in [1.82, 2.24) is 5.32 Å². The second kappa shape index (κ2) is 6.69. The van der Waals surface area contributed by atoms with Crippen LogP contribution in [0.3, 0.4) is 0 Å². The number of carbonyl (C=O) groups excluding carboxylic acids is 2. The normalized spacial score (nSPS) is 19.8. The van der Waals surface area contributed by atoms with Gasteiger partial charge in [0.25, 0.3) is 5.78 Å². The second-order valence-electron chi connectivity index (χ2n) is 5.05. The maximum atomic E-state index is 12.5. The number of ether oxygens (including phenoxy) is 4. The molecule has 0 radical (unpaired) electrons. The van der Waals surface area contributed by atoms with Crippen LogP contribution in [0.5, 0.6) is 11.5 Å². The second-order valence-corrected chi connectivity index (χ2v) is 5.05. The van der Waals surface area contributed by atoms with Gasteiger partial charge in [-0.05, 0) is 32.0 Å². The van der Waals surface area contributed by atoms with E-state index in [9.17, 15) is 14.7 Å². The van der Waals surface area contributed by atoms with Crippen LogP contribution in [0.25, 0.3) is 0 Å². The number of aliphatic hydroxyl groups is 1. The van der Waals surface area contributed by atoms with Crippen LogP contribution >= 0.6 is 0 Å². The van der Waals surface area contributed by atoms with E-state index in [0.29, 0.717) is 17.1 Å². The van der Waals surface area contributed by atoms with Gasteiger partial charge in [-0.3, -0.25) is 10.1 Å². The van der Waals surface area contributed by atoms with Crippen molar-refractivity contribution >= 4 is 11.9 Å². The lowest BCUT2D eigenvalue weighted by molar-refractivity contribution is -0.131. The van der Waals surface area contributed by atoms with E-state index in [1.54, 1.807) is 25.1 Å². The summed E-state index contributed by atoms with van der Waals surface area (Å²) in [6.07, 6.45) is -0.839. The molecule has 0 aromatic heterocycles. The van der Waals surface area contributed by atoms with Gasteiger partial charge in [0.2, 0.25) is 17.2 Å². The molecule has 1 aliphatic heterocycles. The van der Waals surface area contributed by atoms with Crippen molar-refractivity contribution in [2.75, 3.05) is 20.8 Å². The van der Waals surface area contributed by atoms with E-state index in [1.165, 1.54) is 21.1 Å². The number of alkyl carbamates (subject to hydrolysis) is 1. The molecule has 8 nitrogen and oxygen atoms in total. The lowest BCUT2D eigenvalue weighted by Crippen LogP contribution is -2.33. The molecule has 2 rings (SSSR count). The number of aliphatic hydroxyl groups excluding tert-OH is 1. The number of rotatable bonds is 5. The molecule has 1 aromatic carbocycles. The SMILES string of the molecule is CCOC(=O)NC1=C(O)C(=O)C(C)(c2cc(OC)ccc2OC)O1. The fraction of sp³-hybridized carbons (Fsp3) is 0.375. The Balaban J connectivity index is 2.39. The smallest absolute Gasteiger partial charge is 0.414 e. The Morgan fingerprint density at radius 3 is 2.62 bits per heavy atom. The molecule has 1 aliphatic rings. The van der Waals surface area contributed by atoms with Crippen LogP contribution in [0.2, 0.25) is 0 Å². The van der Waals surface area contributed by atoms with Gasteiger partial charge in [-0.2, -0.15) is 0 Å². The molecule has 130 valence electrons. The van der Waals surface area contributed by atoms with Gasteiger partial charge in [-0.1, -0.05) is 0 Å². The Hall–Kier alpha value is -2.90. The number of amides is 1. The van der Waals surface area contributed by atoms with E-state index in [-0.39, 0.29) is 12.5 Å². The number of methoxy groups -OCH3 is 2. The minimum Gasteiger partial charge on any atom is -0.501 e. The quantitative estimate of drug-likeness (QED) is 0.847. The molecule has 2 N–H and O–H groups in total. The van der Waals surface area contributed by atoms with E-state index < -0.39 is 23.2 Å². The molecule has 0 saturated heterocycles. The van der Waals surface area contributed by atoms with Gasteiger partial charge in [0.05, 0.1) is 20.8 Å². The summed E-state index contributed by atoms with van der Waals surface area (Å²) in [7, 11) is 2.92. The molecule has 1 atom stereocenters. The number of hydrogen-bond acceptors (Lipinski definition) is 7. The molecular formula is C16H19NO7. The summed E-state index contributed by atoms with van der Waals surface area (Å²) in [6, 6.07) is 4.84. The molecule has 0 aliphatic carbocycles. The van der Waals surface area contributed by atoms with Gasteiger partial charge in [0, 0.05) is 5.56 Å². The van der Waals surface area contributed by atoms with Crippen LogP contribution in [0, 0.1) is 0 Å². The standard InChI is InChI=1S/C16H19NO7/c1-5-23-15(20)17-14-12(18)13(19)16(2,24-14)10-8-9(21-3)6-7-11(10)22-4/h6-8,18H,5H2,1-4H3,(H,17,20). The van der Waals surface area contributed by atoms with Gasteiger partial charge in [-0.15, -0.1) is 0 Å².